The van der Waals surface area contributed by atoms with Gasteiger partial charge in [0.05, 0.1) is 6.04 Å². The third-order valence-electron chi connectivity index (χ3n) is 3.90. The molecule has 0 saturated heterocycles. The Hall–Kier alpha value is -2.57. The number of rotatable bonds is 7. The fourth-order valence-electron chi connectivity index (χ4n) is 2.66. The molecule has 0 aliphatic carbocycles. The van der Waals surface area contributed by atoms with Crippen LogP contribution in [0, 0.1) is 11.8 Å². The van der Waals surface area contributed by atoms with Gasteiger partial charge in [-0.15, -0.1) is 0 Å². The SMILES string of the molecule is CC(C)C(NC(=O)OCc1ccccc1)C(C(=O)OC(C)(C)C)C(=O)OC(C)(C)C. The highest BCUT2D eigenvalue weighted by atomic mass is 16.6. The van der Waals surface area contributed by atoms with E-state index in [2.05, 4.69) is 5.32 Å². The third kappa shape index (κ3) is 9.29. The van der Waals surface area contributed by atoms with E-state index in [9.17, 15) is 14.4 Å². The Morgan fingerprint density at radius 1 is 0.867 bits per heavy atom. The Labute approximate surface area is 179 Å². The van der Waals surface area contributed by atoms with Crippen molar-refractivity contribution in [2.24, 2.45) is 11.8 Å². The monoisotopic (exact) mass is 421 g/mol. The molecule has 0 aliphatic rings. The van der Waals surface area contributed by atoms with E-state index >= 15 is 0 Å². The summed E-state index contributed by atoms with van der Waals surface area (Å²) in [5, 5.41) is 2.66. The molecule has 1 rings (SSSR count). The summed E-state index contributed by atoms with van der Waals surface area (Å²) in [7, 11) is 0. The molecule has 0 spiro atoms. The molecule has 1 atom stereocenters. The van der Waals surface area contributed by atoms with Gasteiger partial charge in [-0.1, -0.05) is 44.2 Å². The fourth-order valence-corrected chi connectivity index (χ4v) is 2.66. The minimum atomic E-state index is -1.33. The molecule has 1 aromatic rings. The molecule has 7 heteroatoms. The summed E-state index contributed by atoms with van der Waals surface area (Å²) in [6.07, 6.45) is -0.727. The van der Waals surface area contributed by atoms with E-state index in [1.165, 1.54) is 0 Å². The lowest BCUT2D eigenvalue weighted by Gasteiger charge is -2.32. The summed E-state index contributed by atoms with van der Waals surface area (Å²) < 4.78 is 16.2. The first-order chi connectivity index (χ1) is 13.7. The first-order valence-electron chi connectivity index (χ1n) is 10.1. The standard InChI is InChI=1S/C23H35NO6/c1-15(2)18(24-21(27)28-14-16-12-10-9-11-13-16)17(19(25)29-22(3,4)5)20(26)30-23(6,7)8/h9-13,15,17-18H,14H2,1-8H3,(H,24,27). The Morgan fingerprint density at radius 3 is 1.73 bits per heavy atom. The highest BCUT2D eigenvalue weighted by Gasteiger charge is 2.43. The molecule has 0 radical (unpaired) electrons. The van der Waals surface area contributed by atoms with Gasteiger partial charge in [0, 0.05) is 0 Å². The van der Waals surface area contributed by atoms with Gasteiger partial charge in [0.1, 0.15) is 17.8 Å². The second-order valence-corrected chi connectivity index (χ2v) is 9.52. The summed E-state index contributed by atoms with van der Waals surface area (Å²) in [6, 6.07) is 8.35. The van der Waals surface area contributed by atoms with Crippen LogP contribution in [0.3, 0.4) is 0 Å². The van der Waals surface area contributed by atoms with Gasteiger partial charge in [0.15, 0.2) is 5.92 Å². The number of hydrogen-bond acceptors (Lipinski definition) is 6. The van der Waals surface area contributed by atoms with Crippen molar-refractivity contribution in [2.45, 2.75) is 79.2 Å². The van der Waals surface area contributed by atoms with Crippen LogP contribution in [-0.2, 0) is 30.4 Å². The van der Waals surface area contributed by atoms with E-state index in [1.807, 2.05) is 30.3 Å². The normalized spacial score (nSPS) is 13.0. The Balaban J connectivity index is 3.02. The topological polar surface area (TPSA) is 90.9 Å². The molecule has 0 aliphatic heterocycles. The van der Waals surface area contributed by atoms with E-state index in [4.69, 9.17) is 14.2 Å². The quantitative estimate of drug-likeness (QED) is 0.402. The van der Waals surface area contributed by atoms with Crippen molar-refractivity contribution in [2.75, 3.05) is 0 Å². The lowest BCUT2D eigenvalue weighted by molar-refractivity contribution is -0.176. The number of benzene rings is 1. The molecule has 1 aromatic carbocycles. The smallest absolute Gasteiger partial charge is 0.407 e. The maximum absolute atomic E-state index is 12.9. The molecular formula is C23H35NO6. The Morgan fingerprint density at radius 2 is 1.33 bits per heavy atom. The van der Waals surface area contributed by atoms with Crippen molar-refractivity contribution in [3.63, 3.8) is 0 Å². The lowest BCUT2D eigenvalue weighted by atomic mass is 9.90. The summed E-state index contributed by atoms with van der Waals surface area (Å²) in [5.74, 6) is -3.09. The van der Waals surface area contributed by atoms with Crippen molar-refractivity contribution in [1.29, 1.82) is 0 Å². The number of carbonyl (C=O) groups is 3. The molecule has 0 bridgehead atoms. The van der Waals surface area contributed by atoms with Gasteiger partial charge in [-0.25, -0.2) is 4.79 Å². The first-order valence-corrected chi connectivity index (χ1v) is 10.1. The van der Waals surface area contributed by atoms with Gasteiger partial charge < -0.3 is 19.5 Å². The molecule has 0 aromatic heterocycles. The average Bonchev–Trinajstić information content (AvgIpc) is 2.57. The zero-order valence-electron chi connectivity index (χ0n) is 19.3. The average molecular weight is 422 g/mol. The van der Waals surface area contributed by atoms with Crippen LogP contribution in [0.4, 0.5) is 4.79 Å². The molecule has 0 fully saturated rings. The number of ether oxygens (including phenoxy) is 3. The molecule has 1 amide bonds. The van der Waals surface area contributed by atoms with Crippen LogP contribution in [0.25, 0.3) is 0 Å². The van der Waals surface area contributed by atoms with E-state index < -0.39 is 41.2 Å². The van der Waals surface area contributed by atoms with Crippen LogP contribution >= 0.6 is 0 Å². The summed E-state index contributed by atoms with van der Waals surface area (Å²) >= 11 is 0. The number of alkyl carbamates (subject to hydrolysis) is 1. The maximum Gasteiger partial charge on any atom is 0.407 e. The minimum Gasteiger partial charge on any atom is -0.459 e. The van der Waals surface area contributed by atoms with Crippen molar-refractivity contribution in [3.8, 4) is 0 Å². The molecule has 1 unspecified atom stereocenters. The van der Waals surface area contributed by atoms with E-state index in [-0.39, 0.29) is 12.5 Å². The number of amides is 1. The van der Waals surface area contributed by atoms with Gasteiger partial charge in [0.2, 0.25) is 0 Å². The van der Waals surface area contributed by atoms with Crippen LogP contribution in [0.5, 0.6) is 0 Å². The molecular weight excluding hydrogens is 386 g/mol. The zero-order chi connectivity index (χ0) is 23.1. The predicted octanol–water partition coefficient (Wildman–Crippen LogP) is 4.24. The van der Waals surface area contributed by atoms with Gasteiger partial charge in [0.25, 0.3) is 0 Å². The van der Waals surface area contributed by atoms with Crippen LogP contribution < -0.4 is 5.32 Å². The van der Waals surface area contributed by atoms with Gasteiger partial charge in [-0.3, -0.25) is 9.59 Å². The molecule has 168 valence electrons. The van der Waals surface area contributed by atoms with Crippen LogP contribution in [0.1, 0.15) is 61.0 Å². The van der Waals surface area contributed by atoms with Crippen molar-refractivity contribution >= 4 is 18.0 Å². The maximum atomic E-state index is 12.9. The molecule has 0 heterocycles. The van der Waals surface area contributed by atoms with Gasteiger partial charge in [-0.05, 0) is 53.0 Å². The third-order valence-corrected chi connectivity index (χ3v) is 3.90. The predicted molar refractivity (Wildman–Crippen MR) is 114 cm³/mol. The van der Waals surface area contributed by atoms with Crippen LogP contribution in [0.2, 0.25) is 0 Å². The molecule has 0 saturated carbocycles. The van der Waals surface area contributed by atoms with Gasteiger partial charge in [-0.2, -0.15) is 0 Å². The second kappa shape index (κ2) is 10.5. The Bertz CT molecular complexity index is 687. The van der Waals surface area contributed by atoms with Gasteiger partial charge >= 0.3 is 18.0 Å². The zero-order valence-corrected chi connectivity index (χ0v) is 19.3. The highest BCUT2D eigenvalue weighted by Crippen LogP contribution is 2.23. The van der Waals surface area contributed by atoms with Crippen LogP contribution in [-0.4, -0.2) is 35.3 Å². The van der Waals surface area contributed by atoms with Crippen molar-refractivity contribution in [3.05, 3.63) is 35.9 Å². The molecule has 1 N–H and O–H groups in total. The Kier molecular flexibility index (Phi) is 8.88. The summed E-state index contributed by atoms with van der Waals surface area (Å²) in [4.78, 5) is 38.2. The number of hydrogen-bond donors (Lipinski definition) is 1. The largest absolute Gasteiger partial charge is 0.459 e. The highest BCUT2D eigenvalue weighted by molar-refractivity contribution is 5.96. The van der Waals surface area contributed by atoms with Crippen molar-refractivity contribution in [1.82, 2.24) is 5.32 Å². The summed E-state index contributed by atoms with van der Waals surface area (Å²) in [5.41, 5.74) is -0.774. The fraction of sp³-hybridized carbons (Fsp3) is 0.609. The lowest BCUT2D eigenvalue weighted by Crippen LogP contribution is -2.52. The first kappa shape index (κ1) is 25.5. The number of carbonyl (C=O) groups excluding carboxylic acids is 3. The summed E-state index contributed by atoms with van der Waals surface area (Å²) in [6.45, 7) is 13.9. The number of nitrogens with one attached hydrogen (secondary N) is 1. The molecule has 7 nitrogen and oxygen atoms in total. The van der Waals surface area contributed by atoms with Crippen molar-refractivity contribution < 1.29 is 28.6 Å². The van der Waals surface area contributed by atoms with Crippen LogP contribution in [0.15, 0.2) is 30.3 Å². The van der Waals surface area contributed by atoms with E-state index in [1.54, 1.807) is 55.4 Å². The molecule has 30 heavy (non-hydrogen) atoms. The van der Waals surface area contributed by atoms with E-state index in [0.717, 1.165) is 5.56 Å². The number of esters is 2. The minimum absolute atomic E-state index is 0.0705. The second-order valence-electron chi connectivity index (χ2n) is 9.52. The van der Waals surface area contributed by atoms with E-state index in [0.29, 0.717) is 0 Å².